The Labute approximate surface area is 90.2 Å². The quantitative estimate of drug-likeness (QED) is 0.716. The first-order valence-corrected chi connectivity index (χ1v) is 5.50. The predicted octanol–water partition coefficient (Wildman–Crippen LogP) is 1.38. The molecule has 1 heterocycles. The van der Waals surface area contributed by atoms with E-state index in [4.69, 9.17) is 4.74 Å². The number of nitrogens with zero attached hydrogens (tertiary/aromatic N) is 1. The van der Waals surface area contributed by atoms with E-state index < -0.39 is 5.60 Å². The molecule has 2 rings (SSSR count). The van der Waals surface area contributed by atoms with Gasteiger partial charge in [0.05, 0.1) is 12.1 Å². The number of piperidine rings is 1. The van der Waals surface area contributed by atoms with E-state index in [9.17, 15) is 9.90 Å². The first-order valence-electron chi connectivity index (χ1n) is 5.50. The van der Waals surface area contributed by atoms with E-state index in [-0.39, 0.29) is 18.2 Å². The lowest BCUT2D eigenvalue weighted by Crippen LogP contribution is -2.76. The summed E-state index contributed by atoms with van der Waals surface area (Å²) in [5.41, 5.74) is -0.731. The van der Waals surface area contributed by atoms with E-state index >= 15 is 0 Å². The van der Waals surface area contributed by atoms with Gasteiger partial charge in [-0.25, -0.2) is 4.79 Å². The molecule has 1 N–H and O–H groups in total. The Morgan fingerprint density at radius 1 is 1.60 bits per heavy atom. The van der Waals surface area contributed by atoms with Gasteiger partial charge >= 0.3 is 6.09 Å². The van der Waals surface area contributed by atoms with Crippen molar-refractivity contribution in [3.63, 3.8) is 0 Å². The molecule has 1 aliphatic heterocycles. The molecule has 86 valence electrons. The molecule has 4 nitrogen and oxygen atoms in total. The molecule has 0 radical (unpaired) electrons. The van der Waals surface area contributed by atoms with Crippen LogP contribution in [-0.2, 0) is 4.74 Å². The summed E-state index contributed by atoms with van der Waals surface area (Å²) in [4.78, 5) is 13.5. The lowest BCUT2D eigenvalue weighted by atomic mass is 9.59. The number of amides is 1. The summed E-state index contributed by atoms with van der Waals surface area (Å²) in [7, 11) is 0. The predicted molar refractivity (Wildman–Crippen MR) is 55.5 cm³/mol. The van der Waals surface area contributed by atoms with E-state index in [0.29, 0.717) is 5.92 Å². The van der Waals surface area contributed by atoms with E-state index in [1.807, 2.05) is 20.8 Å². The van der Waals surface area contributed by atoms with Gasteiger partial charge in [-0.15, -0.1) is 0 Å². The second-order valence-corrected chi connectivity index (χ2v) is 5.59. The topological polar surface area (TPSA) is 49.8 Å². The minimum Gasteiger partial charge on any atom is -0.444 e. The SMILES string of the molecule is CC(C)(C)OC(=O)N1CC2CCC21CO. The van der Waals surface area contributed by atoms with Gasteiger partial charge in [0.25, 0.3) is 0 Å². The zero-order chi connectivity index (χ0) is 11.3. The molecule has 0 bridgehead atoms. The Morgan fingerprint density at radius 2 is 2.27 bits per heavy atom. The monoisotopic (exact) mass is 213 g/mol. The molecule has 0 aromatic heterocycles. The summed E-state index contributed by atoms with van der Waals surface area (Å²) >= 11 is 0. The third-order valence-corrected chi connectivity index (χ3v) is 3.51. The second-order valence-electron chi connectivity index (χ2n) is 5.59. The fraction of sp³-hybridized carbons (Fsp3) is 0.909. The highest BCUT2D eigenvalue weighted by molar-refractivity contribution is 5.71. The number of fused-ring (bicyclic) bond motifs is 1. The molecule has 0 aromatic carbocycles. The average Bonchev–Trinajstić information content (AvgIpc) is 2.06. The molecule has 2 atom stereocenters. The van der Waals surface area contributed by atoms with Crippen molar-refractivity contribution in [3.8, 4) is 0 Å². The Kier molecular flexibility index (Phi) is 2.23. The maximum Gasteiger partial charge on any atom is 0.410 e. The zero-order valence-corrected chi connectivity index (χ0v) is 9.62. The number of carbonyl (C=O) groups is 1. The van der Waals surface area contributed by atoms with Crippen LogP contribution in [0.5, 0.6) is 0 Å². The van der Waals surface area contributed by atoms with E-state index in [2.05, 4.69) is 0 Å². The van der Waals surface area contributed by atoms with Crippen molar-refractivity contribution in [2.75, 3.05) is 13.2 Å². The third-order valence-electron chi connectivity index (χ3n) is 3.51. The molecule has 1 amide bonds. The van der Waals surface area contributed by atoms with Crippen molar-refractivity contribution in [1.82, 2.24) is 4.90 Å². The van der Waals surface area contributed by atoms with E-state index in [0.717, 1.165) is 19.4 Å². The number of rotatable bonds is 1. The molecule has 0 aromatic rings. The Morgan fingerprint density at radius 3 is 2.60 bits per heavy atom. The van der Waals surface area contributed by atoms with Crippen LogP contribution in [0.1, 0.15) is 33.6 Å². The Balaban J connectivity index is 1.98. The smallest absolute Gasteiger partial charge is 0.410 e. The number of ether oxygens (including phenoxy) is 1. The number of hydrogen-bond acceptors (Lipinski definition) is 3. The largest absolute Gasteiger partial charge is 0.444 e. The van der Waals surface area contributed by atoms with Crippen LogP contribution in [0.2, 0.25) is 0 Å². The van der Waals surface area contributed by atoms with E-state index in [1.165, 1.54) is 0 Å². The Bertz CT molecular complexity index is 280. The van der Waals surface area contributed by atoms with Gasteiger partial charge in [0.15, 0.2) is 0 Å². The van der Waals surface area contributed by atoms with Crippen LogP contribution in [0.25, 0.3) is 0 Å². The van der Waals surface area contributed by atoms with Gasteiger partial charge in [-0.2, -0.15) is 0 Å². The summed E-state index contributed by atoms with van der Waals surface area (Å²) in [5, 5.41) is 9.34. The fourth-order valence-corrected chi connectivity index (χ4v) is 2.45. The highest BCUT2D eigenvalue weighted by Crippen LogP contribution is 2.52. The number of hydrogen-bond donors (Lipinski definition) is 1. The van der Waals surface area contributed by atoms with Gasteiger partial charge < -0.3 is 9.84 Å². The standard InChI is InChI=1S/C11H19NO3/c1-10(2,3)15-9(14)12-6-8-4-5-11(8,12)7-13/h8,13H,4-7H2,1-3H3. The van der Waals surface area contributed by atoms with Crippen LogP contribution in [0.3, 0.4) is 0 Å². The lowest BCUT2D eigenvalue weighted by molar-refractivity contribution is -0.165. The van der Waals surface area contributed by atoms with Gasteiger partial charge in [-0.1, -0.05) is 0 Å². The maximum atomic E-state index is 11.8. The van der Waals surface area contributed by atoms with Gasteiger partial charge in [0, 0.05) is 12.5 Å². The van der Waals surface area contributed by atoms with Crippen LogP contribution in [-0.4, -0.2) is 40.4 Å². The molecule has 1 aliphatic carbocycles. The number of carbonyl (C=O) groups excluding carboxylic acids is 1. The highest BCUT2D eigenvalue weighted by atomic mass is 16.6. The molecule has 4 heteroatoms. The summed E-state index contributed by atoms with van der Waals surface area (Å²) in [6.07, 6.45) is 1.75. The molecule has 2 aliphatic rings. The first kappa shape index (κ1) is 10.7. The second kappa shape index (κ2) is 3.11. The summed E-state index contributed by atoms with van der Waals surface area (Å²) in [6, 6.07) is 0. The van der Waals surface area contributed by atoms with Gasteiger partial charge in [0.2, 0.25) is 0 Å². The van der Waals surface area contributed by atoms with Gasteiger partial charge in [-0.05, 0) is 33.6 Å². The normalized spacial score (nSPS) is 33.9. The number of aliphatic hydroxyl groups is 1. The Hall–Kier alpha value is -0.770. The average molecular weight is 213 g/mol. The fourth-order valence-electron chi connectivity index (χ4n) is 2.45. The van der Waals surface area contributed by atoms with Crippen molar-refractivity contribution in [2.45, 2.75) is 44.8 Å². The van der Waals surface area contributed by atoms with Gasteiger partial charge in [-0.3, -0.25) is 4.90 Å². The third kappa shape index (κ3) is 1.51. The minimum absolute atomic E-state index is 0.0664. The van der Waals surface area contributed by atoms with Crippen LogP contribution >= 0.6 is 0 Å². The molecule has 0 spiro atoms. The van der Waals surface area contributed by atoms with Crippen LogP contribution < -0.4 is 0 Å². The summed E-state index contributed by atoms with van der Waals surface area (Å²) in [6.45, 7) is 6.38. The number of aliphatic hydroxyl groups excluding tert-OH is 1. The van der Waals surface area contributed by atoms with Crippen LogP contribution in [0.4, 0.5) is 4.79 Å². The maximum absolute atomic E-state index is 11.8. The van der Waals surface area contributed by atoms with Crippen molar-refractivity contribution >= 4 is 6.09 Å². The lowest BCUT2D eigenvalue weighted by Gasteiger charge is -2.64. The minimum atomic E-state index is -0.456. The first-order chi connectivity index (χ1) is 6.89. The molecule has 1 saturated carbocycles. The molecule has 1 saturated heterocycles. The van der Waals surface area contributed by atoms with Crippen LogP contribution in [0.15, 0.2) is 0 Å². The molecular weight excluding hydrogens is 194 g/mol. The van der Waals surface area contributed by atoms with Crippen molar-refractivity contribution in [3.05, 3.63) is 0 Å². The number of likely N-dealkylation sites (tertiary alicyclic amines) is 1. The van der Waals surface area contributed by atoms with Gasteiger partial charge in [0.1, 0.15) is 5.60 Å². The highest BCUT2D eigenvalue weighted by Gasteiger charge is 2.61. The van der Waals surface area contributed by atoms with E-state index in [1.54, 1.807) is 4.90 Å². The summed E-state index contributed by atoms with van der Waals surface area (Å²) in [5.74, 6) is 0.495. The van der Waals surface area contributed by atoms with Crippen LogP contribution in [0, 0.1) is 5.92 Å². The molecule has 15 heavy (non-hydrogen) atoms. The zero-order valence-electron chi connectivity index (χ0n) is 9.62. The van der Waals surface area contributed by atoms with Crippen molar-refractivity contribution in [1.29, 1.82) is 0 Å². The summed E-state index contributed by atoms with van der Waals surface area (Å²) < 4.78 is 5.30. The molecule has 2 unspecified atom stereocenters. The van der Waals surface area contributed by atoms with Crippen molar-refractivity contribution < 1.29 is 14.6 Å². The van der Waals surface area contributed by atoms with Crippen molar-refractivity contribution in [2.24, 2.45) is 5.92 Å². The molecule has 2 fully saturated rings. The molecular formula is C11H19NO3.